The van der Waals surface area contributed by atoms with Crippen molar-refractivity contribution in [2.75, 3.05) is 44.1 Å². The zero-order valence-corrected chi connectivity index (χ0v) is 17.3. The van der Waals surface area contributed by atoms with Crippen molar-refractivity contribution in [3.8, 4) is 5.88 Å². The molecule has 1 aromatic heterocycles. The minimum absolute atomic E-state index is 0.0421. The highest BCUT2D eigenvalue weighted by molar-refractivity contribution is 7.98. The van der Waals surface area contributed by atoms with Crippen LogP contribution in [0.4, 0.5) is 5.82 Å². The molecule has 2 amide bonds. The Labute approximate surface area is 165 Å². The Kier molecular flexibility index (Phi) is 8.15. The van der Waals surface area contributed by atoms with Gasteiger partial charge in [-0.25, -0.2) is 9.97 Å². The molecule has 1 aliphatic heterocycles. The molecular formula is C18H29N5O3S. The van der Waals surface area contributed by atoms with Crippen LogP contribution in [-0.4, -0.2) is 78.0 Å². The lowest BCUT2D eigenvalue weighted by atomic mass is 10.1. The van der Waals surface area contributed by atoms with Gasteiger partial charge in [0.2, 0.25) is 11.8 Å². The van der Waals surface area contributed by atoms with Crippen LogP contribution in [0.3, 0.4) is 0 Å². The number of nitrogens with zero attached hydrogens (tertiary/aromatic N) is 4. The smallest absolute Gasteiger partial charge is 0.257 e. The summed E-state index contributed by atoms with van der Waals surface area (Å²) in [5, 5.41) is 2.79. The van der Waals surface area contributed by atoms with Crippen LogP contribution in [0.15, 0.2) is 12.4 Å². The lowest BCUT2D eigenvalue weighted by Crippen LogP contribution is -2.53. The molecule has 1 aliphatic rings. The predicted octanol–water partition coefficient (Wildman–Crippen LogP) is 1.17. The molecule has 27 heavy (non-hydrogen) atoms. The van der Waals surface area contributed by atoms with Crippen molar-refractivity contribution in [3.63, 3.8) is 0 Å². The summed E-state index contributed by atoms with van der Waals surface area (Å²) in [6.07, 6.45) is 7.40. The second-order valence-corrected chi connectivity index (χ2v) is 7.77. The Morgan fingerprint density at radius 1 is 1.41 bits per heavy atom. The van der Waals surface area contributed by atoms with Crippen molar-refractivity contribution in [1.29, 1.82) is 0 Å². The van der Waals surface area contributed by atoms with Gasteiger partial charge in [0, 0.05) is 40.0 Å². The molecule has 1 N–H and O–H groups in total. The lowest BCUT2D eigenvalue weighted by molar-refractivity contribution is -0.138. The van der Waals surface area contributed by atoms with Crippen molar-refractivity contribution in [2.24, 2.45) is 0 Å². The molecule has 0 aromatic carbocycles. The van der Waals surface area contributed by atoms with Gasteiger partial charge in [-0.1, -0.05) is 0 Å². The third-order valence-electron chi connectivity index (χ3n) is 4.32. The summed E-state index contributed by atoms with van der Waals surface area (Å²) in [7, 11) is 3.77. The fourth-order valence-electron chi connectivity index (χ4n) is 3.06. The second-order valence-electron chi connectivity index (χ2n) is 6.78. The molecule has 0 spiro atoms. The van der Waals surface area contributed by atoms with Gasteiger partial charge in [-0.2, -0.15) is 11.8 Å². The number of thioether (sulfide) groups is 1. The van der Waals surface area contributed by atoms with Crippen LogP contribution >= 0.6 is 11.8 Å². The van der Waals surface area contributed by atoms with E-state index >= 15 is 0 Å². The van der Waals surface area contributed by atoms with E-state index in [0.717, 1.165) is 18.6 Å². The van der Waals surface area contributed by atoms with Crippen LogP contribution in [0.1, 0.15) is 26.2 Å². The molecule has 1 saturated heterocycles. The van der Waals surface area contributed by atoms with Gasteiger partial charge in [0.1, 0.15) is 12.1 Å². The normalized spacial score (nSPS) is 17.9. The fourth-order valence-corrected chi connectivity index (χ4v) is 3.53. The number of likely N-dealkylation sites (tertiary alicyclic amines) is 1. The summed E-state index contributed by atoms with van der Waals surface area (Å²) < 4.78 is 6.07. The van der Waals surface area contributed by atoms with Gasteiger partial charge in [0.25, 0.3) is 5.88 Å². The van der Waals surface area contributed by atoms with E-state index < -0.39 is 6.04 Å². The van der Waals surface area contributed by atoms with Crippen LogP contribution in [0.5, 0.6) is 5.88 Å². The summed E-state index contributed by atoms with van der Waals surface area (Å²) in [5.74, 6) is 1.73. The van der Waals surface area contributed by atoms with E-state index in [-0.39, 0.29) is 17.9 Å². The number of carbonyl (C=O) groups is 2. The van der Waals surface area contributed by atoms with Crippen LogP contribution < -0.4 is 15.0 Å². The van der Waals surface area contributed by atoms with Gasteiger partial charge in [0.05, 0.1) is 6.54 Å². The zero-order valence-electron chi connectivity index (χ0n) is 16.5. The molecule has 8 nitrogen and oxygen atoms in total. The number of rotatable bonds is 8. The Morgan fingerprint density at radius 2 is 2.15 bits per heavy atom. The van der Waals surface area contributed by atoms with E-state index in [2.05, 4.69) is 15.3 Å². The van der Waals surface area contributed by atoms with Crippen molar-refractivity contribution >= 4 is 29.4 Å². The van der Waals surface area contributed by atoms with Crippen LogP contribution in [0.25, 0.3) is 0 Å². The van der Waals surface area contributed by atoms with E-state index in [9.17, 15) is 9.59 Å². The van der Waals surface area contributed by atoms with Crippen molar-refractivity contribution in [3.05, 3.63) is 12.4 Å². The first-order valence-electron chi connectivity index (χ1n) is 9.12. The van der Waals surface area contributed by atoms with Gasteiger partial charge < -0.3 is 19.9 Å². The van der Waals surface area contributed by atoms with Crippen LogP contribution in [0.2, 0.25) is 0 Å². The number of carbonyl (C=O) groups excluding carboxylic acids is 2. The fraction of sp³-hybridized carbons (Fsp3) is 0.667. The molecule has 150 valence electrons. The molecule has 0 aliphatic carbocycles. The van der Waals surface area contributed by atoms with E-state index in [1.54, 1.807) is 29.1 Å². The van der Waals surface area contributed by atoms with Gasteiger partial charge in [-0.15, -0.1) is 0 Å². The molecule has 2 atom stereocenters. The molecule has 1 fully saturated rings. The minimum atomic E-state index is -0.484. The first-order chi connectivity index (χ1) is 12.9. The van der Waals surface area contributed by atoms with Crippen molar-refractivity contribution in [1.82, 2.24) is 20.2 Å². The minimum Gasteiger partial charge on any atom is -0.470 e. The summed E-state index contributed by atoms with van der Waals surface area (Å²) in [6.45, 7) is 2.60. The molecule has 0 radical (unpaired) electrons. The maximum absolute atomic E-state index is 12.9. The summed E-state index contributed by atoms with van der Waals surface area (Å²) in [4.78, 5) is 36.6. The lowest BCUT2D eigenvalue weighted by Gasteiger charge is -2.35. The SMILES string of the molecule is CSCC[C@H](NC(C)=O)C(=O)N1CCC[C@H](Oc2nccnc2N(C)C)C1. The number of ether oxygens (including phenoxy) is 1. The highest BCUT2D eigenvalue weighted by atomic mass is 32.2. The summed E-state index contributed by atoms with van der Waals surface area (Å²) in [6, 6.07) is -0.484. The van der Waals surface area contributed by atoms with Gasteiger partial charge in [-0.3, -0.25) is 9.59 Å². The third kappa shape index (κ3) is 6.27. The van der Waals surface area contributed by atoms with Gasteiger partial charge in [-0.05, 0) is 31.3 Å². The molecule has 2 rings (SSSR count). The first-order valence-corrected chi connectivity index (χ1v) is 10.5. The summed E-state index contributed by atoms with van der Waals surface area (Å²) >= 11 is 1.66. The first kappa shape index (κ1) is 21.3. The molecular weight excluding hydrogens is 366 g/mol. The predicted molar refractivity (Wildman–Crippen MR) is 107 cm³/mol. The van der Waals surface area contributed by atoms with Crippen molar-refractivity contribution < 1.29 is 14.3 Å². The highest BCUT2D eigenvalue weighted by Gasteiger charge is 2.30. The van der Waals surface area contributed by atoms with Crippen LogP contribution in [-0.2, 0) is 9.59 Å². The quantitative estimate of drug-likeness (QED) is 0.707. The Bertz CT molecular complexity index is 643. The monoisotopic (exact) mass is 395 g/mol. The number of hydrogen-bond acceptors (Lipinski definition) is 7. The third-order valence-corrected chi connectivity index (χ3v) is 4.97. The average molecular weight is 396 g/mol. The largest absolute Gasteiger partial charge is 0.470 e. The summed E-state index contributed by atoms with van der Waals surface area (Å²) in [5.41, 5.74) is 0. The molecule has 1 aromatic rings. The number of amides is 2. The average Bonchev–Trinajstić information content (AvgIpc) is 2.64. The maximum atomic E-state index is 12.9. The molecule has 0 bridgehead atoms. The van der Waals surface area contributed by atoms with Gasteiger partial charge in [0.15, 0.2) is 5.82 Å². The Balaban J connectivity index is 2.03. The zero-order chi connectivity index (χ0) is 19.8. The van der Waals surface area contributed by atoms with E-state index in [1.807, 2.05) is 25.3 Å². The van der Waals surface area contributed by atoms with E-state index in [0.29, 0.717) is 31.2 Å². The van der Waals surface area contributed by atoms with E-state index in [4.69, 9.17) is 4.74 Å². The van der Waals surface area contributed by atoms with E-state index in [1.165, 1.54) is 6.92 Å². The Morgan fingerprint density at radius 3 is 2.81 bits per heavy atom. The van der Waals surface area contributed by atoms with Crippen molar-refractivity contribution in [2.45, 2.75) is 38.3 Å². The molecule has 0 unspecified atom stereocenters. The van der Waals surface area contributed by atoms with Gasteiger partial charge >= 0.3 is 0 Å². The topological polar surface area (TPSA) is 87.7 Å². The number of anilines is 1. The number of nitrogens with one attached hydrogen (secondary N) is 1. The number of piperidine rings is 1. The number of hydrogen-bond donors (Lipinski definition) is 1. The maximum Gasteiger partial charge on any atom is 0.257 e. The molecule has 0 saturated carbocycles. The highest BCUT2D eigenvalue weighted by Crippen LogP contribution is 2.24. The van der Waals surface area contributed by atoms with Crippen LogP contribution in [0, 0.1) is 0 Å². The molecule has 9 heteroatoms. The second kappa shape index (κ2) is 10.3. The standard InChI is InChI=1S/C18H29N5O3S/c1-13(24)21-15(7-11-27-4)18(25)23-10-5-6-14(12-23)26-17-16(22(2)3)19-8-9-20-17/h8-9,14-15H,5-7,10-12H2,1-4H3,(H,21,24)/t14-,15-/m0/s1. The Hall–Kier alpha value is -2.03. The number of aromatic nitrogens is 2. The molecule has 2 heterocycles.